The quantitative estimate of drug-likeness (QED) is 0.857. The molecule has 0 radical (unpaired) electrons. The smallest absolute Gasteiger partial charge is 0.255 e. The lowest BCUT2D eigenvalue weighted by molar-refractivity contribution is -0.134. The van der Waals surface area contributed by atoms with Crippen molar-refractivity contribution in [1.29, 1.82) is 0 Å². The Hall–Kier alpha value is -2.34. The first-order chi connectivity index (χ1) is 11.8. The van der Waals surface area contributed by atoms with Gasteiger partial charge in [0.1, 0.15) is 17.6 Å². The highest BCUT2D eigenvalue weighted by molar-refractivity contribution is 6.32. The topological polar surface area (TPSA) is 61.5 Å². The molecule has 1 aliphatic carbocycles. The van der Waals surface area contributed by atoms with Crippen LogP contribution in [0.3, 0.4) is 0 Å². The van der Waals surface area contributed by atoms with Crippen LogP contribution >= 0.6 is 11.6 Å². The summed E-state index contributed by atoms with van der Waals surface area (Å²) in [6, 6.07) is 9.70. The zero-order chi connectivity index (χ0) is 18.2. The van der Waals surface area contributed by atoms with E-state index in [1.165, 1.54) is 13.2 Å². The normalized spacial score (nSPS) is 16.2. The number of hydrogen-bond acceptors (Lipinski definition) is 3. The van der Waals surface area contributed by atoms with Crippen molar-refractivity contribution >= 4 is 17.5 Å². The van der Waals surface area contributed by atoms with Gasteiger partial charge in [-0.1, -0.05) is 17.7 Å². The average molecular weight is 368 g/mol. The van der Waals surface area contributed by atoms with Gasteiger partial charge in [-0.05, 0) is 35.9 Å². The summed E-state index contributed by atoms with van der Waals surface area (Å²) >= 11 is 6.16. The number of nitrogens with two attached hydrogens (primary N) is 1. The van der Waals surface area contributed by atoms with E-state index in [2.05, 4.69) is 0 Å². The first kappa shape index (κ1) is 17.5. The first-order valence-corrected chi connectivity index (χ1v) is 7.99. The third-order valence-electron chi connectivity index (χ3n) is 4.07. The molecule has 1 amide bonds. The Bertz CT molecular complexity index is 818. The molecule has 1 saturated carbocycles. The van der Waals surface area contributed by atoms with Crippen LogP contribution in [0.5, 0.6) is 11.5 Å². The Morgan fingerprint density at radius 2 is 1.88 bits per heavy atom. The number of halogens is 3. The van der Waals surface area contributed by atoms with Crippen LogP contribution < -0.4 is 15.2 Å². The molecule has 1 aliphatic rings. The highest BCUT2D eigenvalue weighted by Crippen LogP contribution is 2.42. The minimum Gasteiger partial charge on any atom is -0.495 e. The largest absolute Gasteiger partial charge is 0.495 e. The summed E-state index contributed by atoms with van der Waals surface area (Å²) in [5, 5.41) is 0.380. The van der Waals surface area contributed by atoms with E-state index in [-0.39, 0.29) is 18.4 Å². The van der Waals surface area contributed by atoms with Gasteiger partial charge in [0.25, 0.3) is 5.92 Å². The molecule has 0 aromatic heterocycles. The molecule has 2 aromatic rings. The summed E-state index contributed by atoms with van der Waals surface area (Å²) < 4.78 is 36.9. The van der Waals surface area contributed by atoms with E-state index < -0.39 is 17.9 Å². The van der Waals surface area contributed by atoms with Crippen molar-refractivity contribution < 1.29 is 23.0 Å². The predicted octanol–water partition coefficient (Wildman–Crippen LogP) is 4.29. The Balaban J connectivity index is 1.98. The van der Waals surface area contributed by atoms with E-state index in [9.17, 15) is 13.6 Å². The molecule has 0 unspecified atom stereocenters. The maximum Gasteiger partial charge on any atom is 0.255 e. The van der Waals surface area contributed by atoms with Crippen molar-refractivity contribution in [2.45, 2.75) is 24.9 Å². The number of carbonyl (C=O) groups excluding carboxylic acids is 1. The fourth-order valence-electron chi connectivity index (χ4n) is 2.71. The maximum atomic E-state index is 13.0. The summed E-state index contributed by atoms with van der Waals surface area (Å²) in [6.45, 7) is 0. The van der Waals surface area contributed by atoms with Crippen LogP contribution in [0.15, 0.2) is 36.4 Å². The van der Waals surface area contributed by atoms with Crippen LogP contribution in [0.25, 0.3) is 11.1 Å². The lowest BCUT2D eigenvalue weighted by atomic mass is 9.90. The number of benzene rings is 2. The number of carbonyl (C=O) groups is 1. The standard InChI is InChI=1S/C18H16ClF2NO3/c1-24-16-5-2-10(7-14(16)19)13-6-11(17(22)23)3-4-15(13)25-12-8-18(20,21)9-12/h2-7,12H,8-9H2,1H3,(H2,22,23). The zero-order valence-electron chi connectivity index (χ0n) is 13.4. The molecule has 25 heavy (non-hydrogen) atoms. The molecule has 2 aromatic carbocycles. The minimum absolute atomic E-state index is 0.285. The van der Waals surface area contributed by atoms with Crippen LogP contribution in [-0.2, 0) is 0 Å². The molecule has 4 nitrogen and oxygen atoms in total. The van der Waals surface area contributed by atoms with Crippen molar-refractivity contribution in [2.24, 2.45) is 5.73 Å². The van der Waals surface area contributed by atoms with Gasteiger partial charge in [0.05, 0.1) is 12.1 Å². The number of rotatable bonds is 5. The van der Waals surface area contributed by atoms with E-state index in [4.69, 9.17) is 26.8 Å². The highest BCUT2D eigenvalue weighted by atomic mass is 35.5. The lowest BCUT2D eigenvalue weighted by Crippen LogP contribution is -2.43. The van der Waals surface area contributed by atoms with Crippen molar-refractivity contribution in [2.75, 3.05) is 7.11 Å². The van der Waals surface area contributed by atoms with Crippen molar-refractivity contribution in [1.82, 2.24) is 0 Å². The molecule has 0 atom stereocenters. The summed E-state index contributed by atoms with van der Waals surface area (Å²) in [7, 11) is 1.50. The molecule has 132 valence electrons. The predicted molar refractivity (Wildman–Crippen MR) is 90.6 cm³/mol. The minimum atomic E-state index is -2.68. The molecular weight excluding hydrogens is 352 g/mol. The van der Waals surface area contributed by atoms with Crippen LogP contribution in [0.4, 0.5) is 8.78 Å². The number of amides is 1. The van der Waals surface area contributed by atoms with Crippen LogP contribution in [-0.4, -0.2) is 25.0 Å². The monoisotopic (exact) mass is 367 g/mol. The third kappa shape index (κ3) is 3.69. The molecule has 7 heteroatoms. The number of primary amides is 1. The fraction of sp³-hybridized carbons (Fsp3) is 0.278. The number of hydrogen-bond donors (Lipinski definition) is 1. The van der Waals surface area contributed by atoms with Gasteiger partial charge < -0.3 is 15.2 Å². The van der Waals surface area contributed by atoms with E-state index in [0.717, 1.165) is 0 Å². The number of alkyl halides is 2. The van der Waals surface area contributed by atoms with Crippen molar-refractivity contribution in [3.63, 3.8) is 0 Å². The molecule has 0 heterocycles. The second-order valence-electron chi connectivity index (χ2n) is 5.93. The molecule has 2 N–H and O–H groups in total. The molecule has 0 spiro atoms. The second kappa shape index (κ2) is 6.52. The second-order valence-corrected chi connectivity index (χ2v) is 6.34. The summed E-state index contributed by atoms with van der Waals surface area (Å²) in [5.74, 6) is -2.38. The summed E-state index contributed by atoms with van der Waals surface area (Å²) in [6.07, 6.45) is -1.22. The summed E-state index contributed by atoms with van der Waals surface area (Å²) in [5.41, 5.74) is 6.83. The maximum absolute atomic E-state index is 13.0. The molecule has 0 aliphatic heterocycles. The van der Waals surface area contributed by atoms with Gasteiger partial charge in [0.15, 0.2) is 0 Å². The number of methoxy groups -OCH3 is 1. The van der Waals surface area contributed by atoms with Gasteiger partial charge in [0, 0.05) is 24.0 Å². The average Bonchev–Trinajstić information content (AvgIpc) is 2.53. The van der Waals surface area contributed by atoms with Gasteiger partial charge in [0.2, 0.25) is 5.91 Å². The Morgan fingerprint density at radius 1 is 1.20 bits per heavy atom. The molecule has 0 bridgehead atoms. The van der Waals surface area contributed by atoms with Gasteiger partial charge >= 0.3 is 0 Å². The SMILES string of the molecule is COc1ccc(-c2cc(C(N)=O)ccc2OC2CC(F)(F)C2)cc1Cl. The van der Waals surface area contributed by atoms with Crippen molar-refractivity contribution in [3.05, 3.63) is 47.0 Å². The van der Waals surface area contributed by atoms with Gasteiger partial charge in [-0.3, -0.25) is 4.79 Å². The first-order valence-electron chi connectivity index (χ1n) is 7.61. The zero-order valence-corrected chi connectivity index (χ0v) is 14.1. The van der Waals surface area contributed by atoms with E-state index in [0.29, 0.717) is 27.6 Å². The Kier molecular flexibility index (Phi) is 4.56. The highest BCUT2D eigenvalue weighted by Gasteiger charge is 2.47. The molecule has 0 saturated heterocycles. The van der Waals surface area contributed by atoms with Crippen LogP contribution in [0, 0.1) is 0 Å². The van der Waals surface area contributed by atoms with Crippen molar-refractivity contribution in [3.8, 4) is 22.6 Å². The van der Waals surface area contributed by atoms with Gasteiger partial charge in [-0.25, -0.2) is 8.78 Å². The van der Waals surface area contributed by atoms with E-state index in [1.807, 2.05) is 0 Å². The number of ether oxygens (including phenoxy) is 2. The third-order valence-corrected chi connectivity index (χ3v) is 4.37. The Morgan fingerprint density at radius 3 is 2.44 bits per heavy atom. The molecular formula is C18H16ClF2NO3. The fourth-order valence-corrected chi connectivity index (χ4v) is 2.97. The van der Waals surface area contributed by atoms with Crippen LogP contribution in [0.1, 0.15) is 23.2 Å². The molecule has 3 rings (SSSR count). The lowest BCUT2D eigenvalue weighted by Gasteiger charge is -2.35. The Labute approximate surface area is 148 Å². The van der Waals surface area contributed by atoms with Gasteiger partial charge in [-0.15, -0.1) is 0 Å². The van der Waals surface area contributed by atoms with E-state index in [1.54, 1.807) is 30.3 Å². The van der Waals surface area contributed by atoms with Gasteiger partial charge in [-0.2, -0.15) is 0 Å². The summed E-state index contributed by atoms with van der Waals surface area (Å²) in [4.78, 5) is 11.5. The van der Waals surface area contributed by atoms with E-state index >= 15 is 0 Å². The van der Waals surface area contributed by atoms with Crippen LogP contribution in [0.2, 0.25) is 5.02 Å². The molecule has 1 fully saturated rings.